The molecular weight excluding hydrogens is 204 g/mol. The van der Waals surface area contributed by atoms with Crippen LogP contribution in [0.4, 0.5) is 0 Å². The fourth-order valence-electron chi connectivity index (χ4n) is 1.57. The molecule has 16 heavy (non-hydrogen) atoms. The van der Waals surface area contributed by atoms with Crippen molar-refractivity contribution in [3.8, 4) is 5.75 Å². The number of carbonyl (C=O) groups is 1. The summed E-state index contributed by atoms with van der Waals surface area (Å²) in [4.78, 5) is 10.7. The lowest BCUT2D eigenvalue weighted by atomic mass is 10.0. The number of ether oxygens (including phenoxy) is 2. The predicted octanol–water partition coefficient (Wildman–Crippen LogP) is 2.44. The number of methoxy groups -OCH3 is 1. The Morgan fingerprint density at radius 1 is 1.38 bits per heavy atom. The first-order valence-corrected chi connectivity index (χ1v) is 5.38. The van der Waals surface area contributed by atoms with E-state index in [1.54, 1.807) is 7.11 Å². The van der Waals surface area contributed by atoms with Gasteiger partial charge in [0, 0.05) is 6.92 Å². The van der Waals surface area contributed by atoms with E-state index in [-0.39, 0.29) is 5.97 Å². The van der Waals surface area contributed by atoms with Crippen LogP contribution in [0, 0.1) is 5.92 Å². The first-order valence-electron chi connectivity index (χ1n) is 5.38. The maximum Gasteiger partial charge on any atom is 0.302 e. The van der Waals surface area contributed by atoms with Gasteiger partial charge >= 0.3 is 5.97 Å². The molecule has 0 saturated heterocycles. The lowest BCUT2D eigenvalue weighted by molar-refractivity contribution is -0.142. The molecule has 0 aliphatic heterocycles. The van der Waals surface area contributed by atoms with Crippen molar-refractivity contribution in [2.24, 2.45) is 5.92 Å². The van der Waals surface area contributed by atoms with Gasteiger partial charge in [0.05, 0.1) is 13.7 Å². The van der Waals surface area contributed by atoms with Crippen molar-refractivity contribution >= 4 is 5.97 Å². The molecular formula is C13H18O3. The third kappa shape index (κ3) is 3.93. The topological polar surface area (TPSA) is 35.5 Å². The van der Waals surface area contributed by atoms with Gasteiger partial charge < -0.3 is 9.47 Å². The average Bonchev–Trinajstić information content (AvgIpc) is 2.27. The van der Waals surface area contributed by atoms with E-state index in [4.69, 9.17) is 9.47 Å². The Balaban J connectivity index is 2.55. The molecule has 0 aliphatic carbocycles. The van der Waals surface area contributed by atoms with Gasteiger partial charge in [-0.3, -0.25) is 4.79 Å². The van der Waals surface area contributed by atoms with Gasteiger partial charge in [-0.05, 0) is 24.0 Å². The van der Waals surface area contributed by atoms with Crippen molar-refractivity contribution in [2.45, 2.75) is 20.3 Å². The van der Waals surface area contributed by atoms with E-state index < -0.39 is 0 Å². The van der Waals surface area contributed by atoms with Gasteiger partial charge in [0.2, 0.25) is 0 Å². The van der Waals surface area contributed by atoms with E-state index in [0.29, 0.717) is 12.5 Å². The highest BCUT2D eigenvalue weighted by molar-refractivity contribution is 5.65. The number of hydrogen-bond donors (Lipinski definition) is 0. The average molecular weight is 222 g/mol. The number of esters is 1. The molecule has 0 N–H and O–H groups in total. The molecule has 1 aromatic carbocycles. The zero-order valence-corrected chi connectivity index (χ0v) is 10.0. The van der Waals surface area contributed by atoms with Crippen LogP contribution in [0.1, 0.15) is 19.4 Å². The van der Waals surface area contributed by atoms with Gasteiger partial charge in [0.1, 0.15) is 5.75 Å². The summed E-state index contributed by atoms with van der Waals surface area (Å²) in [5.74, 6) is 0.948. The number of para-hydroxylation sites is 1. The zero-order chi connectivity index (χ0) is 12.0. The third-order valence-electron chi connectivity index (χ3n) is 2.33. The second-order valence-corrected chi connectivity index (χ2v) is 3.92. The van der Waals surface area contributed by atoms with E-state index in [9.17, 15) is 4.79 Å². The van der Waals surface area contributed by atoms with Gasteiger partial charge in [-0.25, -0.2) is 0 Å². The SMILES string of the molecule is COc1ccccc1C[C@H](C)COC(C)=O. The maximum absolute atomic E-state index is 10.7. The Morgan fingerprint density at radius 3 is 2.69 bits per heavy atom. The zero-order valence-electron chi connectivity index (χ0n) is 10.0. The van der Waals surface area contributed by atoms with Crippen molar-refractivity contribution in [3.05, 3.63) is 29.8 Å². The van der Waals surface area contributed by atoms with E-state index >= 15 is 0 Å². The van der Waals surface area contributed by atoms with Gasteiger partial charge in [0.15, 0.2) is 0 Å². The summed E-state index contributed by atoms with van der Waals surface area (Å²) < 4.78 is 10.2. The summed E-state index contributed by atoms with van der Waals surface area (Å²) in [5, 5.41) is 0. The first-order chi connectivity index (χ1) is 7.63. The summed E-state index contributed by atoms with van der Waals surface area (Å²) >= 11 is 0. The molecule has 0 heterocycles. The van der Waals surface area contributed by atoms with Crippen LogP contribution in [0.15, 0.2) is 24.3 Å². The largest absolute Gasteiger partial charge is 0.496 e. The minimum atomic E-state index is -0.230. The van der Waals surface area contributed by atoms with Crippen molar-refractivity contribution < 1.29 is 14.3 Å². The van der Waals surface area contributed by atoms with E-state index in [2.05, 4.69) is 6.92 Å². The Bertz CT molecular complexity index is 347. The number of carbonyl (C=O) groups excluding carboxylic acids is 1. The fraction of sp³-hybridized carbons (Fsp3) is 0.462. The molecule has 3 nitrogen and oxygen atoms in total. The molecule has 88 valence electrons. The number of hydrogen-bond acceptors (Lipinski definition) is 3. The highest BCUT2D eigenvalue weighted by Crippen LogP contribution is 2.20. The fourth-order valence-corrected chi connectivity index (χ4v) is 1.57. The Kier molecular flexibility index (Phi) is 4.83. The van der Waals surface area contributed by atoms with Gasteiger partial charge in [-0.2, -0.15) is 0 Å². The second-order valence-electron chi connectivity index (χ2n) is 3.92. The Labute approximate surface area is 96.4 Å². The quantitative estimate of drug-likeness (QED) is 0.718. The van der Waals surface area contributed by atoms with E-state index in [1.165, 1.54) is 6.92 Å². The van der Waals surface area contributed by atoms with Crippen LogP contribution < -0.4 is 4.74 Å². The van der Waals surface area contributed by atoms with Crippen molar-refractivity contribution in [2.75, 3.05) is 13.7 Å². The van der Waals surface area contributed by atoms with Crippen LogP contribution in [0.5, 0.6) is 5.75 Å². The lowest BCUT2D eigenvalue weighted by Crippen LogP contribution is -2.12. The van der Waals surface area contributed by atoms with E-state index in [1.807, 2.05) is 24.3 Å². The second kappa shape index (κ2) is 6.16. The first kappa shape index (κ1) is 12.6. The Morgan fingerprint density at radius 2 is 2.06 bits per heavy atom. The van der Waals surface area contributed by atoms with Gasteiger partial charge in [-0.15, -0.1) is 0 Å². The molecule has 0 spiro atoms. The van der Waals surface area contributed by atoms with Crippen molar-refractivity contribution in [3.63, 3.8) is 0 Å². The molecule has 0 aliphatic rings. The summed E-state index contributed by atoms with van der Waals surface area (Å²) in [6.45, 7) is 3.93. The molecule has 0 amide bonds. The minimum absolute atomic E-state index is 0.230. The van der Waals surface area contributed by atoms with Crippen LogP contribution in [0.25, 0.3) is 0 Å². The van der Waals surface area contributed by atoms with Gasteiger partial charge in [0.25, 0.3) is 0 Å². The molecule has 1 atom stereocenters. The summed E-state index contributed by atoms with van der Waals surface area (Å²) in [6, 6.07) is 7.90. The smallest absolute Gasteiger partial charge is 0.302 e. The molecule has 1 rings (SSSR count). The van der Waals surface area contributed by atoms with Crippen LogP contribution in [0.2, 0.25) is 0 Å². The minimum Gasteiger partial charge on any atom is -0.496 e. The Hall–Kier alpha value is -1.51. The van der Waals surface area contributed by atoms with Gasteiger partial charge in [-0.1, -0.05) is 25.1 Å². The lowest BCUT2D eigenvalue weighted by Gasteiger charge is -2.13. The highest BCUT2D eigenvalue weighted by atomic mass is 16.5. The van der Waals surface area contributed by atoms with Crippen LogP contribution in [0.3, 0.4) is 0 Å². The van der Waals surface area contributed by atoms with Crippen LogP contribution in [-0.2, 0) is 16.0 Å². The predicted molar refractivity (Wildman–Crippen MR) is 62.5 cm³/mol. The molecule has 3 heteroatoms. The monoisotopic (exact) mass is 222 g/mol. The third-order valence-corrected chi connectivity index (χ3v) is 2.33. The number of rotatable bonds is 5. The highest BCUT2D eigenvalue weighted by Gasteiger charge is 2.09. The van der Waals surface area contributed by atoms with Crippen LogP contribution in [-0.4, -0.2) is 19.7 Å². The van der Waals surface area contributed by atoms with Crippen molar-refractivity contribution in [1.29, 1.82) is 0 Å². The van der Waals surface area contributed by atoms with Crippen LogP contribution >= 0.6 is 0 Å². The normalized spacial score (nSPS) is 11.9. The molecule has 0 unspecified atom stereocenters. The molecule has 0 fully saturated rings. The molecule has 0 bridgehead atoms. The maximum atomic E-state index is 10.7. The summed E-state index contributed by atoms with van der Waals surface area (Å²) in [7, 11) is 1.66. The molecule has 1 aromatic rings. The summed E-state index contributed by atoms with van der Waals surface area (Å²) in [5.41, 5.74) is 1.14. The summed E-state index contributed by atoms with van der Waals surface area (Å²) in [6.07, 6.45) is 0.845. The molecule has 0 saturated carbocycles. The molecule has 0 radical (unpaired) electrons. The molecule has 0 aromatic heterocycles. The van der Waals surface area contributed by atoms with E-state index in [0.717, 1.165) is 17.7 Å². The number of benzene rings is 1. The standard InChI is InChI=1S/C13H18O3/c1-10(9-16-11(2)14)8-12-6-4-5-7-13(12)15-3/h4-7,10H,8-9H2,1-3H3/t10-/m0/s1. The van der Waals surface area contributed by atoms with Crippen molar-refractivity contribution in [1.82, 2.24) is 0 Å².